The first-order chi connectivity index (χ1) is 14.0. The predicted molar refractivity (Wildman–Crippen MR) is 109 cm³/mol. The van der Waals surface area contributed by atoms with Crippen LogP contribution in [0.2, 0.25) is 5.02 Å². The van der Waals surface area contributed by atoms with Gasteiger partial charge in [-0.1, -0.05) is 29.8 Å². The molecule has 0 radical (unpaired) electrons. The smallest absolute Gasteiger partial charge is 0.290 e. The molecule has 2 amide bonds. The van der Waals surface area contributed by atoms with E-state index >= 15 is 0 Å². The summed E-state index contributed by atoms with van der Waals surface area (Å²) in [4.78, 5) is 35.1. The van der Waals surface area contributed by atoms with Crippen LogP contribution in [-0.2, 0) is 19.1 Å². The topological polar surface area (TPSA) is 108 Å². The fraction of sp³-hybridized carbons (Fsp3) is 0.550. The number of rotatable bonds is 5. The van der Waals surface area contributed by atoms with E-state index in [0.29, 0.717) is 23.0 Å². The Balaban J connectivity index is 0.000000941. The van der Waals surface area contributed by atoms with Crippen LogP contribution in [0.1, 0.15) is 30.9 Å². The molecule has 29 heavy (non-hydrogen) atoms. The van der Waals surface area contributed by atoms with Crippen LogP contribution in [-0.4, -0.2) is 67.7 Å². The van der Waals surface area contributed by atoms with E-state index in [2.05, 4.69) is 22.6 Å². The van der Waals surface area contributed by atoms with Gasteiger partial charge in [0.2, 0.25) is 5.91 Å². The highest BCUT2D eigenvalue weighted by atomic mass is 35.5. The van der Waals surface area contributed by atoms with Crippen molar-refractivity contribution < 1.29 is 24.2 Å². The predicted octanol–water partition coefficient (Wildman–Crippen LogP) is 1.45. The van der Waals surface area contributed by atoms with Crippen LogP contribution < -0.4 is 10.6 Å². The Bertz CT molecular complexity index is 694. The molecule has 1 aromatic rings. The minimum atomic E-state index is -0.773. The number of likely N-dealkylation sites (tertiary alicyclic amines) is 1. The van der Waals surface area contributed by atoms with E-state index in [4.69, 9.17) is 26.2 Å². The fourth-order valence-electron chi connectivity index (χ4n) is 3.60. The lowest BCUT2D eigenvalue weighted by atomic mass is 9.93. The second-order valence-electron chi connectivity index (χ2n) is 7.23. The first-order valence-corrected chi connectivity index (χ1v) is 10.0. The summed E-state index contributed by atoms with van der Waals surface area (Å²) in [6.45, 7) is 2.49. The van der Waals surface area contributed by atoms with Gasteiger partial charge in [-0.15, -0.1) is 0 Å². The van der Waals surface area contributed by atoms with Gasteiger partial charge in [-0.05, 0) is 56.9 Å². The lowest BCUT2D eigenvalue weighted by Gasteiger charge is -2.32. The molecule has 3 rings (SSSR count). The highest BCUT2D eigenvalue weighted by molar-refractivity contribution is 6.31. The quantitative estimate of drug-likeness (QED) is 0.616. The Morgan fingerprint density at radius 2 is 2.03 bits per heavy atom. The van der Waals surface area contributed by atoms with Crippen LogP contribution in [0, 0.1) is 5.92 Å². The minimum Gasteiger partial charge on any atom is -0.483 e. The minimum absolute atomic E-state index is 0.117. The molecular formula is C20H28ClN3O5. The fourth-order valence-corrected chi connectivity index (χ4v) is 3.85. The molecule has 0 aromatic heterocycles. The molecule has 3 N–H and O–H groups in total. The second kappa shape index (κ2) is 11.7. The number of amides is 2. The Morgan fingerprint density at radius 1 is 1.38 bits per heavy atom. The summed E-state index contributed by atoms with van der Waals surface area (Å²) in [5.41, 5.74) is 0.692. The van der Waals surface area contributed by atoms with Gasteiger partial charge in [0.05, 0.1) is 6.04 Å². The number of piperidine rings is 1. The van der Waals surface area contributed by atoms with Crippen molar-refractivity contribution in [3.05, 3.63) is 34.9 Å². The van der Waals surface area contributed by atoms with Crippen LogP contribution in [0.4, 0.5) is 0 Å². The van der Waals surface area contributed by atoms with Gasteiger partial charge in [0.15, 0.2) is 6.10 Å². The van der Waals surface area contributed by atoms with Gasteiger partial charge in [-0.2, -0.15) is 0 Å². The van der Waals surface area contributed by atoms with Gasteiger partial charge in [0.25, 0.3) is 12.4 Å². The van der Waals surface area contributed by atoms with E-state index in [9.17, 15) is 9.59 Å². The molecule has 2 heterocycles. The van der Waals surface area contributed by atoms with Crippen molar-refractivity contribution >= 4 is 29.9 Å². The molecule has 0 aliphatic carbocycles. The third-order valence-electron chi connectivity index (χ3n) is 5.20. The monoisotopic (exact) mass is 425 g/mol. The van der Waals surface area contributed by atoms with Crippen molar-refractivity contribution in [2.45, 2.75) is 31.4 Å². The van der Waals surface area contributed by atoms with Gasteiger partial charge in [0.1, 0.15) is 6.61 Å². The van der Waals surface area contributed by atoms with Gasteiger partial charge < -0.3 is 25.4 Å². The Kier molecular flexibility index (Phi) is 9.37. The summed E-state index contributed by atoms with van der Waals surface area (Å²) < 4.78 is 5.54. The Morgan fingerprint density at radius 3 is 2.69 bits per heavy atom. The number of carbonyl (C=O) groups is 3. The molecular weight excluding hydrogens is 398 g/mol. The number of benzene rings is 1. The van der Waals surface area contributed by atoms with E-state index in [1.54, 1.807) is 12.1 Å². The van der Waals surface area contributed by atoms with E-state index in [1.165, 1.54) is 12.8 Å². The Labute approximate surface area is 175 Å². The van der Waals surface area contributed by atoms with E-state index in [-0.39, 0.29) is 24.9 Å². The summed E-state index contributed by atoms with van der Waals surface area (Å²) in [5.74, 6) is 0.200. The normalized spacial score (nSPS) is 22.8. The second-order valence-corrected chi connectivity index (χ2v) is 7.64. The summed E-state index contributed by atoms with van der Waals surface area (Å²) in [5, 5.41) is 13.2. The number of halogens is 1. The molecule has 2 fully saturated rings. The lowest BCUT2D eigenvalue weighted by molar-refractivity contribution is -0.148. The van der Waals surface area contributed by atoms with Crippen LogP contribution in [0.3, 0.4) is 0 Å². The molecule has 1 aromatic carbocycles. The maximum Gasteiger partial charge on any atom is 0.290 e. The molecule has 2 aliphatic heterocycles. The molecule has 2 saturated heterocycles. The van der Waals surface area contributed by atoms with Gasteiger partial charge in [-0.3, -0.25) is 14.4 Å². The number of hydrogen-bond acceptors (Lipinski definition) is 5. The molecule has 0 spiro atoms. The summed E-state index contributed by atoms with van der Waals surface area (Å²) >= 11 is 6.25. The molecule has 2 atom stereocenters. The molecule has 8 nitrogen and oxygen atoms in total. The average Bonchev–Trinajstić information content (AvgIpc) is 2.70. The van der Waals surface area contributed by atoms with Crippen LogP contribution in [0.5, 0.6) is 0 Å². The van der Waals surface area contributed by atoms with E-state index in [0.717, 1.165) is 19.5 Å². The number of hydrogen-bond donors (Lipinski definition) is 3. The molecule has 9 heteroatoms. The SMILES string of the molecule is CN1CCC(CCNC(=O)[C@H]2OCC(=O)N[C@@H]2c2ccccc2Cl)CC1.O=CO. The van der Waals surface area contributed by atoms with Gasteiger partial charge in [-0.25, -0.2) is 0 Å². The zero-order chi connectivity index (χ0) is 21.2. The summed E-state index contributed by atoms with van der Waals surface area (Å²) in [6, 6.07) is 6.62. The highest BCUT2D eigenvalue weighted by Crippen LogP contribution is 2.28. The largest absolute Gasteiger partial charge is 0.483 e. The van der Waals surface area contributed by atoms with Gasteiger partial charge >= 0.3 is 0 Å². The third-order valence-corrected chi connectivity index (χ3v) is 5.55. The number of ether oxygens (including phenoxy) is 1. The zero-order valence-corrected chi connectivity index (χ0v) is 17.2. The molecule has 0 saturated carbocycles. The molecule has 160 valence electrons. The molecule has 0 bridgehead atoms. The zero-order valence-electron chi connectivity index (χ0n) is 16.5. The van der Waals surface area contributed by atoms with Crippen molar-refractivity contribution in [1.29, 1.82) is 0 Å². The third kappa shape index (κ3) is 6.99. The van der Waals surface area contributed by atoms with Crippen molar-refractivity contribution in [2.75, 3.05) is 33.3 Å². The summed E-state index contributed by atoms with van der Waals surface area (Å²) in [6.07, 6.45) is 2.54. The number of nitrogens with zero attached hydrogens (tertiary/aromatic N) is 1. The van der Waals surface area contributed by atoms with Crippen LogP contribution in [0.25, 0.3) is 0 Å². The van der Waals surface area contributed by atoms with Crippen LogP contribution in [0.15, 0.2) is 24.3 Å². The van der Waals surface area contributed by atoms with Crippen molar-refractivity contribution in [1.82, 2.24) is 15.5 Å². The van der Waals surface area contributed by atoms with Crippen molar-refractivity contribution in [2.24, 2.45) is 5.92 Å². The van der Waals surface area contributed by atoms with Crippen LogP contribution >= 0.6 is 11.6 Å². The number of morpholine rings is 1. The molecule has 0 unspecified atom stereocenters. The van der Waals surface area contributed by atoms with E-state index in [1.807, 2.05) is 12.1 Å². The number of nitrogens with one attached hydrogen (secondary N) is 2. The highest BCUT2D eigenvalue weighted by Gasteiger charge is 2.36. The summed E-state index contributed by atoms with van der Waals surface area (Å²) in [7, 11) is 2.14. The first-order valence-electron chi connectivity index (χ1n) is 9.65. The standard InChI is InChI=1S/C19H26ClN3O3.CH2O2/c1-23-10-7-13(8-11-23)6-9-21-19(25)18-17(22-16(24)12-26-18)14-4-2-3-5-15(14)20;2-1-3/h2-5,13,17-18H,6-12H2,1H3,(H,21,25)(H,22,24);1H,(H,2,3)/t17-,18+;/m1./s1. The first kappa shape index (κ1) is 23.1. The van der Waals surface area contributed by atoms with Crippen molar-refractivity contribution in [3.63, 3.8) is 0 Å². The maximum atomic E-state index is 12.7. The lowest BCUT2D eigenvalue weighted by Crippen LogP contribution is -2.52. The average molecular weight is 426 g/mol. The number of carbonyl (C=O) groups excluding carboxylic acids is 2. The molecule has 2 aliphatic rings. The van der Waals surface area contributed by atoms with Gasteiger partial charge in [0, 0.05) is 11.6 Å². The van der Waals surface area contributed by atoms with Crippen molar-refractivity contribution in [3.8, 4) is 0 Å². The Hall–Kier alpha value is -2.16. The maximum absolute atomic E-state index is 12.7. The van der Waals surface area contributed by atoms with E-state index < -0.39 is 12.1 Å². The number of carboxylic acid groups (broad SMARTS) is 1.